The first-order valence-corrected chi connectivity index (χ1v) is 4.28. The van der Waals surface area contributed by atoms with Gasteiger partial charge in [-0.15, -0.1) is 0 Å². The molecule has 0 heterocycles. The van der Waals surface area contributed by atoms with Crippen LogP contribution < -0.4 is 0 Å². The Kier molecular flexibility index (Phi) is 4.76. The Morgan fingerprint density at radius 2 is 1.80 bits per heavy atom. The zero-order valence-corrected chi connectivity index (χ0v) is 8.41. The number of carbonyl (C=O) groups excluding carboxylic acids is 1. The Bertz CT molecular complexity index is 99.6. The standard InChI is InChI=1S/C6H11IO3/c1-4(2)9-6(8)10-5(3)7/h4-5H,1-3H3/t5-/m1/s1. The molecule has 10 heavy (non-hydrogen) atoms. The Morgan fingerprint density at radius 3 is 2.10 bits per heavy atom. The molecule has 0 aromatic rings. The second-order valence-electron chi connectivity index (χ2n) is 2.08. The lowest BCUT2D eigenvalue weighted by Crippen LogP contribution is -2.15. The summed E-state index contributed by atoms with van der Waals surface area (Å²) in [5.41, 5.74) is 0. The molecule has 0 rings (SSSR count). The van der Waals surface area contributed by atoms with Gasteiger partial charge in [-0.2, -0.15) is 0 Å². The minimum absolute atomic E-state index is 0.109. The largest absolute Gasteiger partial charge is 0.509 e. The van der Waals surface area contributed by atoms with E-state index in [1.807, 2.05) is 22.6 Å². The third-order valence-electron chi connectivity index (χ3n) is 0.591. The monoisotopic (exact) mass is 258 g/mol. The summed E-state index contributed by atoms with van der Waals surface area (Å²) in [5.74, 6) is 0. The average Bonchev–Trinajstić information content (AvgIpc) is 1.58. The van der Waals surface area contributed by atoms with Gasteiger partial charge in [-0.1, -0.05) is 0 Å². The fraction of sp³-hybridized carbons (Fsp3) is 0.833. The summed E-state index contributed by atoms with van der Waals surface area (Å²) in [4.78, 5) is 10.6. The van der Waals surface area contributed by atoms with Gasteiger partial charge < -0.3 is 9.47 Å². The number of alkyl halides is 1. The molecule has 0 aromatic heterocycles. The zero-order chi connectivity index (χ0) is 8.15. The van der Waals surface area contributed by atoms with Crippen molar-refractivity contribution in [2.24, 2.45) is 0 Å². The van der Waals surface area contributed by atoms with Gasteiger partial charge in [-0.05, 0) is 43.4 Å². The highest BCUT2D eigenvalue weighted by Crippen LogP contribution is 2.03. The van der Waals surface area contributed by atoms with E-state index in [0.29, 0.717) is 0 Å². The second kappa shape index (κ2) is 4.76. The van der Waals surface area contributed by atoms with Gasteiger partial charge in [0.25, 0.3) is 0 Å². The molecule has 0 saturated carbocycles. The van der Waals surface area contributed by atoms with E-state index in [1.165, 1.54) is 0 Å². The van der Waals surface area contributed by atoms with E-state index < -0.39 is 6.16 Å². The van der Waals surface area contributed by atoms with E-state index in [9.17, 15) is 4.79 Å². The molecule has 0 saturated heterocycles. The van der Waals surface area contributed by atoms with Gasteiger partial charge in [-0.25, -0.2) is 4.79 Å². The summed E-state index contributed by atoms with van der Waals surface area (Å²) in [6.45, 7) is 5.32. The molecule has 0 aliphatic carbocycles. The summed E-state index contributed by atoms with van der Waals surface area (Å²) in [6, 6.07) is 0. The van der Waals surface area contributed by atoms with Crippen molar-refractivity contribution in [3.63, 3.8) is 0 Å². The number of ether oxygens (including phenoxy) is 2. The molecule has 0 amide bonds. The van der Waals surface area contributed by atoms with Crippen LogP contribution in [0.5, 0.6) is 0 Å². The van der Waals surface area contributed by atoms with Crippen molar-refractivity contribution in [2.75, 3.05) is 0 Å². The lowest BCUT2D eigenvalue weighted by atomic mass is 10.5. The predicted octanol–water partition coefficient (Wildman–Crippen LogP) is 2.33. The summed E-state index contributed by atoms with van der Waals surface area (Å²) in [5, 5.41) is 0. The lowest BCUT2D eigenvalue weighted by Gasteiger charge is -2.09. The smallest absolute Gasteiger partial charge is 0.432 e. The van der Waals surface area contributed by atoms with Crippen LogP contribution in [0.1, 0.15) is 20.8 Å². The third-order valence-corrected chi connectivity index (χ3v) is 0.845. The highest BCUT2D eigenvalue weighted by molar-refractivity contribution is 14.1. The first kappa shape index (κ1) is 10.0. The summed E-state index contributed by atoms with van der Waals surface area (Å²) in [7, 11) is 0. The number of hydrogen-bond donors (Lipinski definition) is 0. The number of rotatable bonds is 2. The van der Waals surface area contributed by atoms with Crippen molar-refractivity contribution in [1.29, 1.82) is 0 Å². The zero-order valence-electron chi connectivity index (χ0n) is 6.26. The normalized spacial score (nSPS) is 12.9. The van der Waals surface area contributed by atoms with Crippen LogP contribution in [0.2, 0.25) is 0 Å². The summed E-state index contributed by atoms with van der Waals surface area (Å²) in [6.07, 6.45) is -0.709. The maximum absolute atomic E-state index is 10.6. The highest BCUT2D eigenvalue weighted by atomic mass is 127. The van der Waals surface area contributed by atoms with Gasteiger partial charge in [0.05, 0.1) is 6.10 Å². The number of halogens is 1. The van der Waals surface area contributed by atoms with Crippen LogP contribution in [0.3, 0.4) is 0 Å². The van der Waals surface area contributed by atoms with E-state index in [0.717, 1.165) is 0 Å². The quantitative estimate of drug-likeness (QED) is 0.433. The van der Waals surface area contributed by atoms with Gasteiger partial charge in [0.1, 0.15) is 0 Å². The molecule has 0 spiro atoms. The molecule has 4 heteroatoms. The molecule has 0 fully saturated rings. The van der Waals surface area contributed by atoms with Crippen molar-refractivity contribution in [3.05, 3.63) is 0 Å². The third kappa shape index (κ3) is 6.12. The van der Waals surface area contributed by atoms with Crippen LogP contribution in [-0.2, 0) is 9.47 Å². The van der Waals surface area contributed by atoms with Crippen LogP contribution >= 0.6 is 22.6 Å². The summed E-state index contributed by atoms with van der Waals surface area (Å²) < 4.78 is 9.25. The Balaban J connectivity index is 3.44. The van der Waals surface area contributed by atoms with Crippen molar-refractivity contribution in [1.82, 2.24) is 0 Å². The Hall–Kier alpha value is 0. The molecule has 0 aromatic carbocycles. The predicted molar refractivity (Wildman–Crippen MR) is 46.2 cm³/mol. The first-order chi connectivity index (χ1) is 4.52. The minimum atomic E-state index is -0.600. The SMILES string of the molecule is CC(C)OC(=O)O[C@H](C)I. The van der Waals surface area contributed by atoms with Gasteiger partial charge in [-0.3, -0.25) is 0 Å². The van der Waals surface area contributed by atoms with Crippen molar-refractivity contribution < 1.29 is 14.3 Å². The highest BCUT2D eigenvalue weighted by Gasteiger charge is 2.08. The lowest BCUT2D eigenvalue weighted by molar-refractivity contribution is 0.0342. The molecule has 0 radical (unpaired) electrons. The van der Waals surface area contributed by atoms with E-state index in [-0.39, 0.29) is 10.2 Å². The maximum Gasteiger partial charge on any atom is 0.509 e. The molecule has 1 atom stereocenters. The van der Waals surface area contributed by atoms with Crippen LogP contribution in [0.25, 0.3) is 0 Å². The van der Waals surface area contributed by atoms with Crippen molar-refractivity contribution in [2.45, 2.75) is 31.0 Å². The van der Waals surface area contributed by atoms with Gasteiger partial charge >= 0.3 is 6.16 Å². The van der Waals surface area contributed by atoms with Gasteiger partial charge in [0, 0.05) is 0 Å². The van der Waals surface area contributed by atoms with E-state index in [1.54, 1.807) is 20.8 Å². The van der Waals surface area contributed by atoms with E-state index >= 15 is 0 Å². The molecule has 0 aliphatic heterocycles. The number of hydrogen-bond acceptors (Lipinski definition) is 3. The molecule has 3 nitrogen and oxygen atoms in total. The molecule has 0 unspecified atom stereocenters. The van der Waals surface area contributed by atoms with Crippen LogP contribution in [0.4, 0.5) is 4.79 Å². The molecular weight excluding hydrogens is 247 g/mol. The van der Waals surface area contributed by atoms with E-state index in [2.05, 4.69) is 4.74 Å². The topological polar surface area (TPSA) is 35.5 Å². The first-order valence-electron chi connectivity index (χ1n) is 3.03. The average molecular weight is 258 g/mol. The van der Waals surface area contributed by atoms with Crippen molar-refractivity contribution in [3.8, 4) is 0 Å². The van der Waals surface area contributed by atoms with E-state index in [4.69, 9.17) is 4.74 Å². The molecule has 0 N–H and O–H groups in total. The number of carbonyl (C=O) groups is 1. The van der Waals surface area contributed by atoms with Crippen LogP contribution in [0, 0.1) is 0 Å². The molecule has 0 bridgehead atoms. The fourth-order valence-corrected chi connectivity index (χ4v) is 0.560. The Morgan fingerprint density at radius 1 is 1.30 bits per heavy atom. The maximum atomic E-state index is 10.6. The van der Waals surface area contributed by atoms with Gasteiger partial charge in [0.2, 0.25) is 0 Å². The minimum Gasteiger partial charge on any atom is -0.432 e. The molecular formula is C6H11IO3. The summed E-state index contributed by atoms with van der Waals surface area (Å²) >= 11 is 1.98. The van der Waals surface area contributed by atoms with Gasteiger partial charge in [0.15, 0.2) is 4.11 Å². The van der Waals surface area contributed by atoms with Crippen LogP contribution in [-0.4, -0.2) is 16.4 Å². The molecule has 60 valence electrons. The van der Waals surface area contributed by atoms with Crippen LogP contribution in [0.15, 0.2) is 0 Å². The van der Waals surface area contributed by atoms with Crippen molar-refractivity contribution >= 4 is 28.7 Å². The Labute approximate surface area is 74.2 Å². The fourth-order valence-electron chi connectivity index (χ4n) is 0.353. The second-order valence-corrected chi connectivity index (χ2v) is 3.83. The molecule has 0 aliphatic rings.